The van der Waals surface area contributed by atoms with E-state index < -0.39 is 5.92 Å². The second kappa shape index (κ2) is 6.96. The molecular formula is C19H16N6O. The van der Waals surface area contributed by atoms with E-state index in [2.05, 4.69) is 32.7 Å². The fourth-order valence-electron chi connectivity index (χ4n) is 3.00. The second-order valence-electron chi connectivity index (χ2n) is 5.88. The molecule has 1 aliphatic rings. The highest BCUT2D eigenvalue weighted by Crippen LogP contribution is 2.37. The van der Waals surface area contributed by atoms with Crippen LogP contribution in [-0.4, -0.2) is 15.9 Å². The van der Waals surface area contributed by atoms with Crippen molar-refractivity contribution in [3.05, 3.63) is 70.6 Å². The third-order valence-electron chi connectivity index (χ3n) is 4.19. The van der Waals surface area contributed by atoms with E-state index in [0.717, 1.165) is 17.0 Å². The number of hydrogen-bond donors (Lipinski definition) is 3. The van der Waals surface area contributed by atoms with Gasteiger partial charge in [0.15, 0.2) is 5.82 Å². The first kappa shape index (κ1) is 17.0. The lowest BCUT2D eigenvalue weighted by molar-refractivity contribution is 0.101. The lowest BCUT2D eigenvalue weighted by Crippen LogP contribution is -2.23. The smallest absolute Gasteiger partial charge is 0.291 e. The highest BCUT2D eigenvalue weighted by Gasteiger charge is 2.29. The molecule has 2 heterocycles. The Morgan fingerprint density at radius 1 is 1.19 bits per heavy atom. The van der Waals surface area contributed by atoms with Crippen molar-refractivity contribution < 1.29 is 4.79 Å². The first-order valence-electron chi connectivity index (χ1n) is 7.94. The quantitative estimate of drug-likeness (QED) is 0.791. The van der Waals surface area contributed by atoms with Crippen LogP contribution in [0, 0.1) is 22.7 Å². The number of benzene rings is 1. The van der Waals surface area contributed by atoms with Crippen molar-refractivity contribution >= 4 is 11.6 Å². The van der Waals surface area contributed by atoms with E-state index in [9.17, 15) is 15.3 Å². The van der Waals surface area contributed by atoms with Crippen molar-refractivity contribution in [2.24, 2.45) is 0 Å². The minimum absolute atomic E-state index is 0.208. The first-order chi connectivity index (χ1) is 12.5. The summed E-state index contributed by atoms with van der Waals surface area (Å²) in [4.78, 5) is 18.8. The van der Waals surface area contributed by atoms with Crippen molar-refractivity contribution in [2.75, 3.05) is 5.32 Å². The Morgan fingerprint density at radius 2 is 1.88 bits per heavy atom. The molecule has 1 amide bonds. The summed E-state index contributed by atoms with van der Waals surface area (Å²) in [5.74, 6) is -0.622. The number of aromatic nitrogens is 2. The summed E-state index contributed by atoms with van der Waals surface area (Å²) >= 11 is 0. The van der Waals surface area contributed by atoms with Gasteiger partial charge in [-0.2, -0.15) is 10.5 Å². The Bertz CT molecular complexity index is 965. The Labute approximate surface area is 150 Å². The molecule has 0 bridgehead atoms. The Hall–Kier alpha value is -3.84. The van der Waals surface area contributed by atoms with Gasteiger partial charge in [0.05, 0.1) is 29.2 Å². The average Bonchev–Trinajstić information content (AvgIpc) is 3.16. The fourth-order valence-corrected chi connectivity index (χ4v) is 3.00. The number of carbonyl (C=O) groups is 1. The number of dihydropyridines is 1. The van der Waals surface area contributed by atoms with Crippen LogP contribution in [0.15, 0.2) is 59.2 Å². The van der Waals surface area contributed by atoms with Gasteiger partial charge in [-0.3, -0.25) is 4.79 Å². The Kier molecular flexibility index (Phi) is 4.55. The van der Waals surface area contributed by atoms with Crippen LogP contribution in [0.25, 0.3) is 0 Å². The normalized spacial score (nSPS) is 14.5. The van der Waals surface area contributed by atoms with E-state index >= 15 is 0 Å². The summed E-state index contributed by atoms with van der Waals surface area (Å²) in [5.41, 5.74) is 3.74. The molecule has 2 aromatic rings. The Balaban J connectivity index is 1.98. The maximum Gasteiger partial charge on any atom is 0.291 e. The van der Waals surface area contributed by atoms with Crippen molar-refractivity contribution in [2.45, 2.75) is 19.8 Å². The van der Waals surface area contributed by atoms with Gasteiger partial charge in [0.1, 0.15) is 0 Å². The number of amides is 1. The molecule has 0 fully saturated rings. The van der Waals surface area contributed by atoms with Gasteiger partial charge >= 0.3 is 0 Å². The number of hydrogen-bond acceptors (Lipinski definition) is 5. The van der Waals surface area contributed by atoms with Gasteiger partial charge in [-0.1, -0.05) is 12.1 Å². The molecule has 0 radical (unpaired) electrons. The SMILES string of the molecule is CC1=C(C#N)C(c2cccc(NC(=O)c3ncc[nH]3)c2)C(C#N)=C(C)N1. The van der Waals surface area contributed by atoms with E-state index in [4.69, 9.17) is 0 Å². The van der Waals surface area contributed by atoms with Crippen LogP contribution in [0.1, 0.15) is 35.9 Å². The third kappa shape index (κ3) is 3.06. The second-order valence-corrected chi connectivity index (χ2v) is 5.88. The van der Waals surface area contributed by atoms with Gasteiger partial charge in [0, 0.05) is 29.5 Å². The molecule has 0 saturated carbocycles. The van der Waals surface area contributed by atoms with Gasteiger partial charge < -0.3 is 15.6 Å². The number of anilines is 1. The molecule has 0 spiro atoms. The minimum Gasteiger partial charge on any atom is -0.361 e. The Morgan fingerprint density at radius 3 is 2.46 bits per heavy atom. The summed E-state index contributed by atoms with van der Waals surface area (Å²) in [6, 6.07) is 11.5. The highest BCUT2D eigenvalue weighted by atomic mass is 16.2. The van der Waals surface area contributed by atoms with Gasteiger partial charge in [-0.05, 0) is 31.5 Å². The number of imidazole rings is 1. The van der Waals surface area contributed by atoms with Crippen LogP contribution >= 0.6 is 0 Å². The van der Waals surface area contributed by atoms with E-state index in [0.29, 0.717) is 16.8 Å². The van der Waals surface area contributed by atoms with Gasteiger partial charge in [0.25, 0.3) is 5.91 Å². The molecule has 1 aliphatic heterocycles. The molecule has 1 aromatic heterocycles. The first-order valence-corrected chi connectivity index (χ1v) is 7.94. The van der Waals surface area contributed by atoms with Crippen LogP contribution in [0.5, 0.6) is 0 Å². The van der Waals surface area contributed by atoms with E-state index in [1.165, 1.54) is 6.20 Å². The predicted octanol–water partition coefficient (Wildman–Crippen LogP) is 2.94. The van der Waals surface area contributed by atoms with Crippen molar-refractivity contribution in [1.82, 2.24) is 15.3 Å². The molecular weight excluding hydrogens is 328 g/mol. The number of nitrogens with zero attached hydrogens (tertiary/aromatic N) is 3. The zero-order chi connectivity index (χ0) is 18.7. The summed E-state index contributed by atoms with van der Waals surface area (Å²) in [6.45, 7) is 3.62. The number of carbonyl (C=O) groups excluding carboxylic acids is 1. The van der Waals surface area contributed by atoms with Crippen LogP contribution in [-0.2, 0) is 0 Å². The number of rotatable bonds is 3. The van der Waals surface area contributed by atoms with E-state index in [1.807, 2.05) is 19.9 Å². The van der Waals surface area contributed by atoms with E-state index in [1.54, 1.807) is 24.4 Å². The number of nitrogens with one attached hydrogen (secondary N) is 3. The maximum absolute atomic E-state index is 12.2. The molecule has 0 saturated heterocycles. The summed E-state index contributed by atoms with van der Waals surface area (Å²) in [5, 5.41) is 25.0. The molecule has 0 aliphatic carbocycles. The largest absolute Gasteiger partial charge is 0.361 e. The van der Waals surface area contributed by atoms with Crippen LogP contribution < -0.4 is 10.6 Å². The third-order valence-corrected chi connectivity index (χ3v) is 4.19. The molecule has 3 N–H and O–H groups in total. The number of aromatic amines is 1. The van der Waals surface area contributed by atoms with Gasteiger partial charge in [-0.25, -0.2) is 4.98 Å². The average molecular weight is 344 g/mol. The lowest BCUT2D eigenvalue weighted by Gasteiger charge is -2.26. The molecule has 1 aromatic carbocycles. The number of allylic oxidation sites excluding steroid dienone is 4. The highest BCUT2D eigenvalue weighted by molar-refractivity contribution is 6.01. The molecule has 3 rings (SSSR count). The standard InChI is InChI=1S/C19H16N6O/c1-11-15(9-20)17(16(10-21)12(2)24-11)13-4-3-5-14(8-13)25-19(26)18-22-6-7-23-18/h3-8,17,24H,1-2H3,(H,22,23)(H,25,26). The van der Waals surface area contributed by atoms with Crippen molar-refractivity contribution in [3.8, 4) is 12.1 Å². The summed E-state index contributed by atoms with van der Waals surface area (Å²) in [7, 11) is 0. The minimum atomic E-state index is -0.466. The van der Waals surface area contributed by atoms with Crippen LogP contribution in [0.4, 0.5) is 5.69 Å². The zero-order valence-corrected chi connectivity index (χ0v) is 14.3. The van der Waals surface area contributed by atoms with Crippen LogP contribution in [0.2, 0.25) is 0 Å². The van der Waals surface area contributed by atoms with Gasteiger partial charge in [0.2, 0.25) is 0 Å². The van der Waals surface area contributed by atoms with Crippen molar-refractivity contribution in [3.63, 3.8) is 0 Å². The molecule has 7 heteroatoms. The summed E-state index contributed by atoms with van der Waals surface area (Å²) in [6.07, 6.45) is 3.07. The monoisotopic (exact) mass is 344 g/mol. The summed E-state index contributed by atoms with van der Waals surface area (Å²) < 4.78 is 0. The molecule has 7 nitrogen and oxygen atoms in total. The molecule has 26 heavy (non-hydrogen) atoms. The zero-order valence-electron chi connectivity index (χ0n) is 14.3. The topological polar surface area (TPSA) is 117 Å². The van der Waals surface area contributed by atoms with Crippen LogP contribution in [0.3, 0.4) is 0 Å². The van der Waals surface area contributed by atoms with Crippen molar-refractivity contribution in [1.29, 1.82) is 10.5 Å². The molecule has 128 valence electrons. The number of H-pyrrole nitrogens is 1. The number of nitriles is 2. The lowest BCUT2D eigenvalue weighted by atomic mass is 9.81. The van der Waals surface area contributed by atoms with E-state index in [-0.39, 0.29) is 11.7 Å². The fraction of sp³-hybridized carbons (Fsp3) is 0.158. The van der Waals surface area contributed by atoms with Gasteiger partial charge in [-0.15, -0.1) is 0 Å². The molecule has 0 unspecified atom stereocenters. The molecule has 0 atom stereocenters. The maximum atomic E-state index is 12.2. The predicted molar refractivity (Wildman–Crippen MR) is 95.5 cm³/mol.